The largest absolute Gasteiger partial charge is 0.493 e. The van der Waals surface area contributed by atoms with Crippen LogP contribution < -0.4 is 15.2 Å². The molecule has 0 aliphatic heterocycles. The maximum atomic E-state index is 11.9. The smallest absolute Gasteiger partial charge is 0.310 e. The second-order valence-corrected chi connectivity index (χ2v) is 7.77. The molecule has 0 saturated carbocycles. The molecule has 1 unspecified atom stereocenters. The van der Waals surface area contributed by atoms with E-state index in [1.165, 1.54) is 0 Å². The minimum Gasteiger partial charge on any atom is -0.493 e. The first-order valence-corrected chi connectivity index (χ1v) is 10.6. The van der Waals surface area contributed by atoms with Crippen molar-refractivity contribution in [3.8, 4) is 17.2 Å². The number of anilines is 1. The summed E-state index contributed by atoms with van der Waals surface area (Å²) in [5.74, 6) is 1.30. The van der Waals surface area contributed by atoms with Crippen LogP contribution in [0.3, 0.4) is 0 Å². The number of hydrogen-bond donors (Lipinski definition) is 2. The highest BCUT2D eigenvalue weighted by molar-refractivity contribution is 7.80. The monoisotopic (exact) mass is 457 g/mol. The van der Waals surface area contributed by atoms with Gasteiger partial charge < -0.3 is 19.9 Å². The molecule has 0 fully saturated rings. The van der Waals surface area contributed by atoms with E-state index < -0.39 is 0 Å². The number of carbonyl (C=O) groups is 1. The average Bonchev–Trinajstić information content (AvgIpc) is 2.75. The molecule has 0 radical (unpaired) electrons. The first-order chi connectivity index (χ1) is 14.9. The van der Waals surface area contributed by atoms with E-state index >= 15 is 0 Å². The summed E-state index contributed by atoms with van der Waals surface area (Å²) in [4.78, 5) is 11.9. The number of rotatable bonds is 8. The van der Waals surface area contributed by atoms with Gasteiger partial charge >= 0.3 is 5.97 Å². The van der Waals surface area contributed by atoms with Crippen molar-refractivity contribution in [2.75, 3.05) is 19.5 Å². The summed E-state index contributed by atoms with van der Waals surface area (Å²) in [6.07, 6.45) is 0.142. The molecule has 0 saturated heterocycles. The van der Waals surface area contributed by atoms with Crippen LogP contribution in [0, 0.1) is 0 Å². The summed E-state index contributed by atoms with van der Waals surface area (Å²) in [5, 5.41) is 0.362. The Hall–Kier alpha value is -2.83. The van der Waals surface area contributed by atoms with Crippen molar-refractivity contribution in [2.24, 2.45) is 0 Å². The van der Waals surface area contributed by atoms with Crippen molar-refractivity contribution in [2.45, 2.75) is 18.6 Å². The second kappa shape index (κ2) is 10.5. The summed E-state index contributed by atoms with van der Waals surface area (Å²) < 4.78 is 16.7. The van der Waals surface area contributed by atoms with E-state index in [0.717, 1.165) is 16.7 Å². The zero-order valence-electron chi connectivity index (χ0n) is 17.3. The Bertz CT molecular complexity index is 1060. The van der Waals surface area contributed by atoms with Gasteiger partial charge in [0.1, 0.15) is 5.75 Å². The summed E-state index contributed by atoms with van der Waals surface area (Å²) in [5.41, 5.74) is 9.13. The molecule has 0 heterocycles. The van der Waals surface area contributed by atoms with Crippen LogP contribution in [0.4, 0.5) is 5.69 Å². The number of esters is 1. The number of benzene rings is 3. The Morgan fingerprint density at radius 2 is 1.74 bits per heavy atom. The number of nitrogen functional groups attached to an aromatic ring is 1. The summed E-state index contributed by atoms with van der Waals surface area (Å²) in [6.45, 7) is 2.11. The molecule has 0 aliphatic carbocycles. The minimum absolute atomic E-state index is 0.142. The van der Waals surface area contributed by atoms with Gasteiger partial charge in [-0.15, -0.1) is 0 Å². The number of ether oxygens (including phenoxy) is 3. The summed E-state index contributed by atoms with van der Waals surface area (Å²) in [7, 11) is 1.56. The maximum Gasteiger partial charge on any atom is 0.310 e. The van der Waals surface area contributed by atoms with Gasteiger partial charge in [0.15, 0.2) is 11.5 Å². The third kappa shape index (κ3) is 5.87. The molecular formula is C24H24ClNO4S. The summed E-state index contributed by atoms with van der Waals surface area (Å²) >= 11 is 10.8. The van der Waals surface area contributed by atoms with E-state index in [9.17, 15) is 4.79 Å². The van der Waals surface area contributed by atoms with E-state index in [2.05, 4.69) is 0 Å². The van der Waals surface area contributed by atoms with E-state index in [1.807, 2.05) is 36.4 Å². The van der Waals surface area contributed by atoms with Crippen molar-refractivity contribution in [3.05, 3.63) is 82.4 Å². The average molecular weight is 458 g/mol. The first-order valence-electron chi connectivity index (χ1n) is 9.74. The molecule has 7 heteroatoms. The number of thiol groups is 1. The van der Waals surface area contributed by atoms with Gasteiger partial charge in [-0.2, -0.15) is 12.6 Å². The SMILES string of the molecule is CCOC(=O)Cc1ccc(OC)c(Oc2ccc(N)cc2C(S)c2ccc(Cl)cc2)c1. The highest BCUT2D eigenvalue weighted by Crippen LogP contribution is 2.40. The van der Waals surface area contributed by atoms with Crippen LogP contribution in [0.5, 0.6) is 17.2 Å². The van der Waals surface area contributed by atoms with Gasteiger partial charge in [-0.3, -0.25) is 4.79 Å². The molecule has 31 heavy (non-hydrogen) atoms. The predicted molar refractivity (Wildman–Crippen MR) is 127 cm³/mol. The van der Waals surface area contributed by atoms with Crippen molar-refractivity contribution in [3.63, 3.8) is 0 Å². The second-order valence-electron chi connectivity index (χ2n) is 6.82. The zero-order chi connectivity index (χ0) is 22.4. The topological polar surface area (TPSA) is 70.8 Å². The molecule has 0 aromatic heterocycles. The van der Waals surface area contributed by atoms with Crippen LogP contribution in [0.2, 0.25) is 5.02 Å². The van der Waals surface area contributed by atoms with Gasteiger partial charge in [0.05, 0.1) is 25.4 Å². The Balaban J connectivity index is 1.95. The van der Waals surface area contributed by atoms with Gasteiger partial charge in [-0.05, 0) is 60.5 Å². The zero-order valence-corrected chi connectivity index (χ0v) is 19.0. The molecule has 2 N–H and O–H groups in total. The fourth-order valence-corrected chi connectivity index (χ4v) is 3.61. The number of hydrogen-bond acceptors (Lipinski definition) is 6. The molecule has 0 amide bonds. The molecule has 0 bridgehead atoms. The molecule has 3 aromatic carbocycles. The fraction of sp³-hybridized carbons (Fsp3) is 0.208. The summed E-state index contributed by atoms with van der Waals surface area (Å²) in [6, 6.07) is 18.2. The molecule has 1 atom stereocenters. The quantitative estimate of drug-likeness (QED) is 0.252. The van der Waals surface area contributed by atoms with Crippen molar-refractivity contribution < 1.29 is 19.0 Å². The molecule has 3 rings (SSSR count). The van der Waals surface area contributed by atoms with Crippen LogP contribution in [-0.2, 0) is 16.0 Å². The predicted octanol–water partition coefficient (Wildman–Crippen LogP) is 5.85. The lowest BCUT2D eigenvalue weighted by atomic mass is 10.0. The number of carbonyl (C=O) groups excluding carboxylic acids is 1. The molecule has 162 valence electrons. The van der Waals surface area contributed by atoms with Crippen LogP contribution in [0.25, 0.3) is 0 Å². The van der Waals surface area contributed by atoms with Crippen molar-refractivity contribution in [1.82, 2.24) is 0 Å². The molecular weight excluding hydrogens is 434 g/mol. The highest BCUT2D eigenvalue weighted by atomic mass is 35.5. The molecule has 5 nitrogen and oxygen atoms in total. The van der Waals surface area contributed by atoms with Crippen LogP contribution >= 0.6 is 24.2 Å². The van der Waals surface area contributed by atoms with Crippen LogP contribution in [0.15, 0.2) is 60.7 Å². The lowest BCUT2D eigenvalue weighted by molar-refractivity contribution is -0.142. The Morgan fingerprint density at radius 3 is 2.42 bits per heavy atom. The van der Waals surface area contributed by atoms with Crippen molar-refractivity contribution >= 4 is 35.9 Å². The third-order valence-electron chi connectivity index (χ3n) is 4.62. The number of nitrogens with two attached hydrogens (primary N) is 1. The van der Waals surface area contributed by atoms with Crippen LogP contribution in [0.1, 0.15) is 28.9 Å². The molecule has 3 aromatic rings. The lowest BCUT2D eigenvalue weighted by Gasteiger charge is -2.19. The normalized spacial score (nSPS) is 11.6. The first kappa shape index (κ1) is 22.8. The standard InChI is InChI=1S/C24H24ClNO4S/c1-3-29-23(27)13-15-4-10-21(28-2)22(12-15)30-20-11-9-18(26)14-19(20)24(31)16-5-7-17(25)8-6-16/h4-12,14,24,31H,3,13,26H2,1-2H3. The van der Waals surface area contributed by atoms with Gasteiger partial charge in [0.2, 0.25) is 0 Å². The minimum atomic E-state index is -0.301. The Kier molecular flexibility index (Phi) is 7.71. The molecule has 0 aliphatic rings. The number of halogens is 1. The maximum absolute atomic E-state index is 11.9. The van der Waals surface area contributed by atoms with E-state index in [1.54, 1.807) is 38.3 Å². The van der Waals surface area contributed by atoms with Gasteiger partial charge in [-0.1, -0.05) is 29.8 Å². The van der Waals surface area contributed by atoms with Crippen LogP contribution in [-0.4, -0.2) is 19.7 Å². The van der Waals surface area contributed by atoms with Gasteiger partial charge in [0, 0.05) is 16.3 Å². The Labute approximate surface area is 192 Å². The van der Waals surface area contributed by atoms with Crippen molar-refractivity contribution in [1.29, 1.82) is 0 Å². The van der Waals surface area contributed by atoms with Gasteiger partial charge in [-0.25, -0.2) is 0 Å². The molecule has 0 spiro atoms. The third-order valence-corrected chi connectivity index (χ3v) is 5.44. The van der Waals surface area contributed by atoms with E-state index in [0.29, 0.717) is 34.6 Å². The Morgan fingerprint density at radius 1 is 1.03 bits per heavy atom. The van der Waals surface area contributed by atoms with E-state index in [-0.39, 0.29) is 17.6 Å². The lowest BCUT2D eigenvalue weighted by Crippen LogP contribution is -2.07. The fourth-order valence-electron chi connectivity index (χ4n) is 3.11. The highest BCUT2D eigenvalue weighted by Gasteiger charge is 2.18. The van der Waals surface area contributed by atoms with Gasteiger partial charge in [0.25, 0.3) is 0 Å². The number of methoxy groups -OCH3 is 1. The van der Waals surface area contributed by atoms with E-state index in [4.69, 9.17) is 44.2 Å².